The fraction of sp³-hybridized carbons (Fsp3) is 0.320. The molecule has 12 nitrogen and oxygen atoms in total. The van der Waals surface area contributed by atoms with Crippen molar-refractivity contribution in [2.45, 2.75) is 24.7 Å². The lowest BCUT2D eigenvalue weighted by molar-refractivity contribution is -0.229. The normalized spacial score (nSPS) is 14.3. The van der Waals surface area contributed by atoms with Gasteiger partial charge in [-0.3, -0.25) is 9.09 Å². The van der Waals surface area contributed by atoms with Gasteiger partial charge in [-0.15, -0.1) is 0 Å². The fourth-order valence-electron chi connectivity index (χ4n) is 3.75. The van der Waals surface area contributed by atoms with E-state index in [4.69, 9.17) is 40.6 Å². The number of methoxy groups -OCH3 is 2. The molecule has 0 aliphatic carbocycles. The first kappa shape index (κ1) is 32.2. The number of hydrogen-bond donors (Lipinski definition) is 3. The highest BCUT2D eigenvalue weighted by Crippen LogP contribution is 2.51. The van der Waals surface area contributed by atoms with Gasteiger partial charge in [0.15, 0.2) is 11.5 Å². The zero-order valence-corrected chi connectivity index (χ0v) is 24.2. The third kappa shape index (κ3) is 7.25. The van der Waals surface area contributed by atoms with Crippen molar-refractivity contribution in [3.05, 3.63) is 61.2 Å². The number of rotatable bonds is 14. The molecule has 0 amide bonds. The van der Waals surface area contributed by atoms with Crippen molar-refractivity contribution >= 4 is 35.5 Å². The largest absolute Gasteiger partial charge is 0.497 e. The van der Waals surface area contributed by atoms with Crippen molar-refractivity contribution < 1.29 is 50.8 Å². The summed E-state index contributed by atoms with van der Waals surface area (Å²) in [5, 5.41) is 21.0. The number of alkyl halides is 4. The van der Waals surface area contributed by atoms with Gasteiger partial charge >= 0.3 is 12.6 Å². The molecular weight excluding hydrogens is 621 g/mol. The van der Waals surface area contributed by atoms with E-state index in [2.05, 4.69) is 15.0 Å². The van der Waals surface area contributed by atoms with Gasteiger partial charge in [0.25, 0.3) is 0 Å². The van der Waals surface area contributed by atoms with Gasteiger partial charge in [0.1, 0.15) is 40.9 Å². The molecule has 3 unspecified atom stereocenters. The maximum atomic E-state index is 15.4. The predicted molar refractivity (Wildman–Crippen MR) is 149 cm³/mol. The second-order valence-corrected chi connectivity index (χ2v) is 11.7. The second-order valence-electron chi connectivity index (χ2n) is 8.85. The highest BCUT2D eigenvalue weighted by atomic mass is 32.5. The third-order valence-corrected chi connectivity index (χ3v) is 8.19. The number of halogens is 4. The molecule has 4 N–H and O–H groups in total. The molecule has 0 saturated carbocycles. The summed E-state index contributed by atoms with van der Waals surface area (Å²) in [5.41, 5.74) is 5.21. The maximum Gasteiger partial charge on any atom is 0.434 e. The number of imidazole rings is 1. The van der Waals surface area contributed by atoms with Crippen LogP contribution in [0.5, 0.6) is 23.0 Å². The van der Waals surface area contributed by atoms with Gasteiger partial charge in [-0.1, -0.05) is 0 Å². The SMILES string of the molecule is COc1ccc(OP(=S)(OCC(C(F)F)C(O)C(F)(F)C(O)n2cnc3c(N)ncnc32)Oc2ccc(OC)cc2)cc1. The molecule has 232 valence electrons. The minimum absolute atomic E-state index is 0.0980. The van der Waals surface area contributed by atoms with Crippen LogP contribution in [0.1, 0.15) is 6.23 Å². The van der Waals surface area contributed by atoms with E-state index < -0.39 is 43.9 Å². The Morgan fingerprint density at radius 1 is 0.907 bits per heavy atom. The van der Waals surface area contributed by atoms with Crippen LogP contribution < -0.4 is 24.3 Å². The van der Waals surface area contributed by atoms with Crippen LogP contribution in [0.2, 0.25) is 0 Å². The van der Waals surface area contributed by atoms with E-state index in [1.165, 1.54) is 62.8 Å². The Labute approximate surface area is 247 Å². The smallest absolute Gasteiger partial charge is 0.434 e. The van der Waals surface area contributed by atoms with Gasteiger partial charge < -0.3 is 34.5 Å². The van der Waals surface area contributed by atoms with Crippen LogP contribution in [0.4, 0.5) is 23.4 Å². The van der Waals surface area contributed by atoms with Gasteiger partial charge in [-0.2, -0.15) is 8.78 Å². The fourth-order valence-corrected chi connectivity index (χ4v) is 5.71. The van der Waals surface area contributed by atoms with E-state index in [9.17, 15) is 19.0 Å². The van der Waals surface area contributed by atoms with E-state index in [0.717, 1.165) is 12.7 Å². The van der Waals surface area contributed by atoms with Crippen LogP contribution in [0.3, 0.4) is 0 Å². The molecule has 0 spiro atoms. The molecule has 2 aromatic heterocycles. The molecule has 0 aliphatic heterocycles. The topological polar surface area (TPSA) is 156 Å². The van der Waals surface area contributed by atoms with Crippen LogP contribution >= 0.6 is 6.72 Å². The molecule has 0 saturated heterocycles. The molecule has 2 heterocycles. The molecule has 4 rings (SSSR count). The summed E-state index contributed by atoms with van der Waals surface area (Å²) in [4.78, 5) is 11.2. The molecule has 3 atom stereocenters. The van der Waals surface area contributed by atoms with E-state index in [0.29, 0.717) is 16.1 Å². The van der Waals surface area contributed by atoms with Gasteiger partial charge in [0.2, 0.25) is 12.7 Å². The van der Waals surface area contributed by atoms with Gasteiger partial charge in [-0.25, -0.2) is 23.7 Å². The number of aromatic nitrogens is 4. The number of ether oxygens (including phenoxy) is 2. The van der Waals surface area contributed by atoms with Crippen molar-refractivity contribution in [1.29, 1.82) is 0 Å². The Balaban J connectivity index is 1.58. The van der Waals surface area contributed by atoms with Crippen molar-refractivity contribution in [3.8, 4) is 23.0 Å². The van der Waals surface area contributed by atoms with E-state index >= 15 is 8.78 Å². The number of benzene rings is 2. The number of aliphatic hydroxyl groups is 2. The molecular formula is C25H26F4N5O7PS. The number of nitrogens with zero attached hydrogens (tertiary/aromatic N) is 4. The zero-order valence-electron chi connectivity index (χ0n) is 22.5. The van der Waals surface area contributed by atoms with Crippen LogP contribution in [0, 0.1) is 5.92 Å². The Morgan fingerprint density at radius 3 is 1.91 bits per heavy atom. The number of anilines is 1. The van der Waals surface area contributed by atoms with Gasteiger partial charge in [-0.05, 0) is 48.5 Å². The summed E-state index contributed by atoms with van der Waals surface area (Å²) in [6.07, 6.45) is -7.89. The number of nitrogens with two attached hydrogens (primary N) is 1. The molecule has 43 heavy (non-hydrogen) atoms. The molecule has 0 aliphatic rings. The van der Waals surface area contributed by atoms with Crippen LogP contribution in [0.25, 0.3) is 11.2 Å². The highest BCUT2D eigenvalue weighted by molar-refractivity contribution is 8.07. The van der Waals surface area contributed by atoms with Gasteiger partial charge in [0.05, 0.1) is 33.1 Å². The maximum absolute atomic E-state index is 15.4. The molecule has 4 aromatic rings. The third-order valence-electron chi connectivity index (χ3n) is 6.10. The number of hydrogen-bond acceptors (Lipinski definition) is 12. The van der Waals surface area contributed by atoms with Crippen LogP contribution in [0.15, 0.2) is 61.2 Å². The standard InChI is InChI=1S/C25H26F4N5O7PS/c1-37-14-3-7-16(8-4-14)40-42(43,41-17-9-5-15(38-2)6-10-17)39-11-18(21(26)27)20(35)25(28,29)24(36)34-13-33-19-22(30)31-12-32-23(19)34/h3-10,12-13,18,20-21,24,35-36H,11H2,1-2H3,(H2,30,31,32). The zero-order chi connectivity index (χ0) is 31.4. The Hall–Kier alpha value is -3.76. The summed E-state index contributed by atoms with van der Waals surface area (Å²) in [7, 11) is 2.88. The van der Waals surface area contributed by atoms with E-state index in [1.54, 1.807) is 0 Å². The Bertz CT molecular complexity index is 1510. The number of aliphatic hydroxyl groups excluding tert-OH is 2. The molecule has 0 bridgehead atoms. The van der Waals surface area contributed by atoms with Crippen LogP contribution in [-0.4, -0.2) is 69.0 Å². The van der Waals surface area contributed by atoms with Crippen LogP contribution in [-0.2, 0) is 16.3 Å². The van der Waals surface area contributed by atoms with Crippen molar-refractivity contribution in [2.24, 2.45) is 5.92 Å². The van der Waals surface area contributed by atoms with Crippen molar-refractivity contribution in [1.82, 2.24) is 19.5 Å². The van der Waals surface area contributed by atoms with E-state index in [1.807, 2.05) is 0 Å². The first-order valence-corrected chi connectivity index (χ1v) is 14.8. The van der Waals surface area contributed by atoms with Crippen molar-refractivity contribution in [2.75, 3.05) is 26.6 Å². The van der Waals surface area contributed by atoms with Gasteiger partial charge in [0, 0.05) is 11.8 Å². The van der Waals surface area contributed by atoms with E-state index in [-0.39, 0.29) is 28.5 Å². The Kier molecular flexibility index (Phi) is 9.92. The molecule has 0 fully saturated rings. The lowest BCUT2D eigenvalue weighted by Crippen LogP contribution is -2.49. The highest BCUT2D eigenvalue weighted by Gasteiger charge is 2.53. The molecule has 0 radical (unpaired) electrons. The average Bonchev–Trinajstić information content (AvgIpc) is 3.42. The Morgan fingerprint density at radius 2 is 1.42 bits per heavy atom. The average molecular weight is 648 g/mol. The predicted octanol–water partition coefficient (Wildman–Crippen LogP) is 4.19. The van der Waals surface area contributed by atoms with Crippen molar-refractivity contribution in [3.63, 3.8) is 0 Å². The monoisotopic (exact) mass is 647 g/mol. The number of nitrogen functional groups attached to an aromatic ring is 1. The first-order valence-electron chi connectivity index (χ1n) is 12.3. The second kappa shape index (κ2) is 13.3. The summed E-state index contributed by atoms with van der Waals surface area (Å²) in [5.74, 6) is -6.17. The quantitative estimate of drug-likeness (QED) is 0.133. The summed E-state index contributed by atoms with van der Waals surface area (Å²) >= 11 is 5.44. The summed E-state index contributed by atoms with van der Waals surface area (Å²) < 4.78 is 86.5. The molecule has 2 aromatic carbocycles. The molecule has 18 heteroatoms. The lowest BCUT2D eigenvalue weighted by Gasteiger charge is -2.33. The first-order chi connectivity index (χ1) is 20.4. The minimum Gasteiger partial charge on any atom is -0.497 e. The summed E-state index contributed by atoms with van der Waals surface area (Å²) in [6.45, 7) is -5.30. The number of fused-ring (bicyclic) bond motifs is 1. The lowest BCUT2D eigenvalue weighted by atomic mass is 9.97. The minimum atomic E-state index is -4.58. The summed E-state index contributed by atoms with van der Waals surface area (Å²) in [6, 6.07) is 11.9.